The summed E-state index contributed by atoms with van der Waals surface area (Å²) in [5.41, 5.74) is 6.04. The smallest absolute Gasteiger partial charge is 0.356 e. The molecule has 1 unspecified atom stereocenters. The van der Waals surface area contributed by atoms with Crippen molar-refractivity contribution in [1.82, 2.24) is 19.5 Å². The fourth-order valence-electron chi connectivity index (χ4n) is 1.94. The van der Waals surface area contributed by atoms with Crippen molar-refractivity contribution in [2.45, 2.75) is 33.7 Å². The van der Waals surface area contributed by atoms with Gasteiger partial charge >= 0.3 is 13.6 Å². The first-order valence-corrected chi connectivity index (χ1v) is 10.0. The number of carbonyl (C=O) groups excluding carboxylic acids is 1. The molecule has 0 radical (unpaired) electrons. The largest absolute Gasteiger partial charge is 0.438 e. The number of esters is 1. The molecule has 3 N–H and O–H groups in total. The van der Waals surface area contributed by atoms with Crippen molar-refractivity contribution in [3.8, 4) is 0 Å². The van der Waals surface area contributed by atoms with Crippen LogP contribution in [0.3, 0.4) is 0 Å². The van der Waals surface area contributed by atoms with Crippen LogP contribution >= 0.6 is 7.60 Å². The summed E-state index contributed by atoms with van der Waals surface area (Å²) in [6, 6.07) is 0. The molecule has 150 valence electrons. The quantitative estimate of drug-likeness (QED) is 0.259. The first-order valence-electron chi connectivity index (χ1n) is 8.29. The maximum absolute atomic E-state index is 11.9. The van der Waals surface area contributed by atoms with Gasteiger partial charge in [0.05, 0.1) is 18.3 Å². The lowest BCUT2D eigenvalue weighted by Gasteiger charge is -2.20. The van der Waals surface area contributed by atoms with E-state index in [4.69, 9.17) is 19.7 Å². The van der Waals surface area contributed by atoms with Gasteiger partial charge in [0, 0.05) is 6.54 Å². The maximum atomic E-state index is 11.9. The summed E-state index contributed by atoms with van der Waals surface area (Å²) in [5.74, 6) is -0.229. The number of ether oxygens (including phenoxy) is 2. The molecule has 2 aromatic rings. The number of imidazole rings is 1. The van der Waals surface area contributed by atoms with Crippen molar-refractivity contribution in [1.29, 1.82) is 0 Å². The minimum atomic E-state index is -4.04. The van der Waals surface area contributed by atoms with Gasteiger partial charge < -0.3 is 24.7 Å². The third-order valence-electron chi connectivity index (χ3n) is 4.04. The predicted octanol–water partition coefficient (Wildman–Crippen LogP) is 1.52. The van der Waals surface area contributed by atoms with Crippen molar-refractivity contribution in [2.24, 2.45) is 5.41 Å². The number of nitrogens with zero attached hydrogens (tertiary/aromatic N) is 4. The summed E-state index contributed by atoms with van der Waals surface area (Å²) in [4.78, 5) is 33.5. The zero-order chi connectivity index (χ0) is 20.1. The summed E-state index contributed by atoms with van der Waals surface area (Å²) >= 11 is 0. The molecule has 0 aliphatic heterocycles. The SMILES string of the molecule is CCC(C)(C)C(=O)OCOP(=O)(O)COCCn1cnc2c(N)ncnc21. The number of nitrogen functional groups attached to an aromatic ring is 1. The van der Waals surface area contributed by atoms with E-state index < -0.39 is 32.1 Å². The van der Waals surface area contributed by atoms with Gasteiger partial charge in [-0.2, -0.15) is 0 Å². The van der Waals surface area contributed by atoms with Gasteiger partial charge in [0.15, 0.2) is 11.5 Å². The Hall–Kier alpha value is -2.07. The van der Waals surface area contributed by atoms with E-state index in [1.54, 1.807) is 18.4 Å². The summed E-state index contributed by atoms with van der Waals surface area (Å²) in [6.07, 6.45) is 2.90. The molecule has 1 atom stereocenters. The molecule has 0 aliphatic carbocycles. The molecule has 12 heteroatoms. The Morgan fingerprint density at radius 2 is 2.11 bits per heavy atom. The van der Waals surface area contributed by atoms with E-state index in [1.807, 2.05) is 6.92 Å². The Morgan fingerprint density at radius 3 is 2.81 bits per heavy atom. The van der Waals surface area contributed by atoms with Crippen molar-refractivity contribution in [2.75, 3.05) is 25.5 Å². The predicted molar refractivity (Wildman–Crippen MR) is 96.5 cm³/mol. The molecule has 0 bridgehead atoms. The molecular weight excluding hydrogens is 377 g/mol. The van der Waals surface area contributed by atoms with Crippen LogP contribution < -0.4 is 5.73 Å². The van der Waals surface area contributed by atoms with E-state index in [1.165, 1.54) is 12.7 Å². The lowest BCUT2D eigenvalue weighted by molar-refractivity contribution is -0.161. The molecule has 2 heterocycles. The van der Waals surface area contributed by atoms with Crippen LogP contribution in [0.25, 0.3) is 11.2 Å². The van der Waals surface area contributed by atoms with Gasteiger partial charge in [-0.25, -0.2) is 15.0 Å². The molecule has 0 amide bonds. The van der Waals surface area contributed by atoms with Crippen molar-refractivity contribution < 1.29 is 28.3 Å². The maximum Gasteiger partial charge on any atom is 0.356 e. The number of nitrogens with two attached hydrogens (primary N) is 1. The highest BCUT2D eigenvalue weighted by Crippen LogP contribution is 2.41. The fourth-order valence-corrected chi connectivity index (χ4v) is 2.60. The van der Waals surface area contributed by atoms with E-state index in [2.05, 4.69) is 15.0 Å². The Morgan fingerprint density at radius 1 is 1.37 bits per heavy atom. The number of hydrogen-bond acceptors (Lipinski definition) is 9. The number of fused-ring (bicyclic) bond motifs is 1. The second-order valence-corrected chi connectivity index (χ2v) is 8.25. The van der Waals surface area contributed by atoms with Gasteiger partial charge in [0.1, 0.15) is 18.2 Å². The van der Waals surface area contributed by atoms with Gasteiger partial charge in [-0.3, -0.25) is 13.9 Å². The van der Waals surface area contributed by atoms with Crippen LogP contribution in [0.1, 0.15) is 27.2 Å². The molecule has 2 rings (SSSR count). The Kier molecular flexibility index (Phi) is 6.88. The highest BCUT2D eigenvalue weighted by molar-refractivity contribution is 7.52. The molecule has 0 aromatic carbocycles. The van der Waals surface area contributed by atoms with Gasteiger partial charge in [-0.05, 0) is 20.3 Å². The molecule has 27 heavy (non-hydrogen) atoms. The van der Waals surface area contributed by atoms with Gasteiger partial charge in [-0.1, -0.05) is 6.92 Å². The van der Waals surface area contributed by atoms with E-state index in [0.29, 0.717) is 24.1 Å². The van der Waals surface area contributed by atoms with Crippen molar-refractivity contribution in [3.63, 3.8) is 0 Å². The van der Waals surface area contributed by atoms with Crippen LogP contribution in [0, 0.1) is 5.41 Å². The summed E-state index contributed by atoms with van der Waals surface area (Å²) < 4.78 is 28.4. The van der Waals surface area contributed by atoms with Gasteiger partial charge in [0.25, 0.3) is 0 Å². The van der Waals surface area contributed by atoms with E-state index in [-0.39, 0.29) is 12.4 Å². The Bertz CT molecular complexity index is 839. The minimum absolute atomic E-state index is 0.117. The summed E-state index contributed by atoms with van der Waals surface area (Å²) in [6.45, 7) is 5.13. The van der Waals surface area contributed by atoms with Crippen molar-refractivity contribution >= 4 is 30.5 Å². The lowest BCUT2D eigenvalue weighted by atomic mass is 9.91. The average Bonchev–Trinajstić information content (AvgIpc) is 3.03. The van der Waals surface area contributed by atoms with Gasteiger partial charge in [0.2, 0.25) is 6.79 Å². The Balaban J connectivity index is 1.74. The number of carbonyl (C=O) groups is 1. The van der Waals surface area contributed by atoms with Crippen LogP contribution in [-0.4, -0.2) is 50.1 Å². The van der Waals surface area contributed by atoms with Crippen LogP contribution in [0.15, 0.2) is 12.7 Å². The van der Waals surface area contributed by atoms with Crippen LogP contribution in [-0.2, 0) is 29.9 Å². The fraction of sp³-hybridized carbons (Fsp3) is 0.600. The van der Waals surface area contributed by atoms with Crippen LogP contribution in [0.2, 0.25) is 0 Å². The van der Waals surface area contributed by atoms with Crippen LogP contribution in [0.4, 0.5) is 5.82 Å². The molecule has 0 spiro atoms. The third kappa shape index (κ3) is 5.70. The number of hydrogen-bond donors (Lipinski definition) is 2. The number of anilines is 1. The molecule has 2 aromatic heterocycles. The average molecular weight is 401 g/mol. The van der Waals surface area contributed by atoms with Crippen molar-refractivity contribution in [3.05, 3.63) is 12.7 Å². The summed E-state index contributed by atoms with van der Waals surface area (Å²) in [7, 11) is -4.04. The van der Waals surface area contributed by atoms with Gasteiger partial charge in [-0.15, -0.1) is 0 Å². The lowest BCUT2D eigenvalue weighted by Crippen LogP contribution is -2.26. The van der Waals surface area contributed by atoms with E-state index in [0.717, 1.165) is 0 Å². The van der Waals surface area contributed by atoms with E-state index >= 15 is 0 Å². The van der Waals surface area contributed by atoms with E-state index in [9.17, 15) is 14.3 Å². The molecule has 0 saturated carbocycles. The zero-order valence-corrected chi connectivity index (χ0v) is 16.4. The Labute approximate surface area is 156 Å². The number of aromatic nitrogens is 4. The molecule has 0 aliphatic rings. The minimum Gasteiger partial charge on any atom is -0.438 e. The topological polar surface area (TPSA) is 152 Å². The van der Waals surface area contributed by atoms with Crippen LogP contribution in [0.5, 0.6) is 0 Å². The molecule has 11 nitrogen and oxygen atoms in total. The monoisotopic (exact) mass is 401 g/mol. The third-order valence-corrected chi connectivity index (χ3v) is 5.06. The molecular formula is C15H24N5O6P. The second-order valence-electron chi connectivity index (χ2n) is 6.46. The zero-order valence-electron chi connectivity index (χ0n) is 15.5. The normalized spacial score (nSPS) is 14.2. The summed E-state index contributed by atoms with van der Waals surface area (Å²) in [5, 5.41) is 0. The highest BCUT2D eigenvalue weighted by atomic mass is 31.2. The first-order chi connectivity index (χ1) is 12.7. The highest BCUT2D eigenvalue weighted by Gasteiger charge is 2.28. The number of rotatable bonds is 10. The first kappa shape index (κ1) is 21.2. The second kappa shape index (κ2) is 8.75. The molecule has 0 saturated heterocycles. The standard InChI is InChI=1S/C15H24N5O6P/c1-4-15(2,3)14(21)25-9-26-27(22,23)10-24-6-5-20-8-19-11-12(16)17-7-18-13(11)20/h7-8H,4-6,9-10H2,1-3H3,(H,22,23)(H2,16,17,18). The molecule has 0 fully saturated rings.